The molecule has 6 heteroatoms. The highest BCUT2D eigenvalue weighted by Gasteiger charge is 2.09. The predicted octanol–water partition coefficient (Wildman–Crippen LogP) is 0.370. The monoisotopic (exact) mass is 252 g/mol. The summed E-state index contributed by atoms with van der Waals surface area (Å²) in [6, 6.07) is 3.09. The van der Waals surface area contributed by atoms with Crippen molar-refractivity contribution < 1.29 is 14.7 Å². The number of carbonyl (C=O) groups is 2. The summed E-state index contributed by atoms with van der Waals surface area (Å²) >= 11 is 0. The van der Waals surface area contributed by atoms with Crippen LogP contribution in [0.1, 0.15) is 29.6 Å². The molecular formula is C12H16N2O4. The molecule has 0 radical (unpaired) electrons. The van der Waals surface area contributed by atoms with Crippen LogP contribution in [0.3, 0.4) is 0 Å². The smallest absolute Gasteiger partial charge is 0.303 e. The summed E-state index contributed by atoms with van der Waals surface area (Å²) < 4.78 is 1.33. The summed E-state index contributed by atoms with van der Waals surface area (Å²) in [7, 11) is 1.58. The molecule has 6 nitrogen and oxygen atoms in total. The van der Waals surface area contributed by atoms with Gasteiger partial charge >= 0.3 is 5.97 Å². The average molecular weight is 252 g/mol. The Morgan fingerprint density at radius 3 is 2.78 bits per heavy atom. The molecule has 0 saturated carbocycles. The number of aliphatic carboxylic acids is 1. The standard InChI is InChI=1S/C12H16N2O4/c1-14-8-4-5-9(12(14)18)11(17)13-7-3-2-6-10(15)16/h4-5,8H,2-3,6-7H2,1H3,(H,13,17)(H,15,16). The van der Waals surface area contributed by atoms with Gasteiger partial charge < -0.3 is 15.0 Å². The summed E-state index contributed by atoms with van der Waals surface area (Å²) in [6.07, 6.45) is 2.74. The Bertz CT molecular complexity index is 493. The van der Waals surface area contributed by atoms with Crippen LogP contribution >= 0.6 is 0 Å². The molecule has 1 amide bonds. The van der Waals surface area contributed by atoms with Crippen molar-refractivity contribution in [3.63, 3.8) is 0 Å². The van der Waals surface area contributed by atoms with E-state index in [2.05, 4.69) is 5.32 Å². The van der Waals surface area contributed by atoms with Crippen LogP contribution in [0.5, 0.6) is 0 Å². The molecular weight excluding hydrogens is 236 g/mol. The van der Waals surface area contributed by atoms with E-state index in [1.807, 2.05) is 0 Å². The Morgan fingerprint density at radius 2 is 2.11 bits per heavy atom. The molecule has 0 unspecified atom stereocenters. The van der Waals surface area contributed by atoms with Crippen molar-refractivity contribution in [2.24, 2.45) is 7.05 Å². The van der Waals surface area contributed by atoms with Gasteiger partial charge in [-0.25, -0.2) is 0 Å². The molecule has 0 fully saturated rings. The second-order valence-electron chi connectivity index (χ2n) is 3.94. The summed E-state index contributed by atoms with van der Waals surface area (Å²) in [4.78, 5) is 33.6. The zero-order valence-electron chi connectivity index (χ0n) is 10.2. The van der Waals surface area contributed by atoms with Crippen LogP contribution < -0.4 is 10.9 Å². The van der Waals surface area contributed by atoms with E-state index < -0.39 is 11.9 Å². The molecule has 1 aromatic rings. The number of pyridine rings is 1. The van der Waals surface area contributed by atoms with Crippen molar-refractivity contribution >= 4 is 11.9 Å². The van der Waals surface area contributed by atoms with E-state index in [1.54, 1.807) is 19.3 Å². The quantitative estimate of drug-likeness (QED) is 0.716. The maximum atomic E-state index is 11.7. The zero-order valence-corrected chi connectivity index (χ0v) is 10.2. The summed E-state index contributed by atoms with van der Waals surface area (Å²) in [5, 5.41) is 11.0. The molecule has 0 aliphatic carbocycles. The Kier molecular flexibility index (Phi) is 5.10. The highest BCUT2D eigenvalue weighted by atomic mass is 16.4. The molecule has 0 aliphatic rings. The van der Waals surface area contributed by atoms with Crippen LogP contribution in [-0.4, -0.2) is 28.1 Å². The first-order chi connectivity index (χ1) is 8.52. The van der Waals surface area contributed by atoms with Gasteiger partial charge in [-0.15, -0.1) is 0 Å². The molecule has 0 aliphatic heterocycles. The summed E-state index contributed by atoms with van der Waals surface area (Å²) in [6.45, 7) is 0.365. The van der Waals surface area contributed by atoms with Crippen LogP contribution in [0.4, 0.5) is 0 Å². The van der Waals surface area contributed by atoms with Gasteiger partial charge in [-0.2, -0.15) is 0 Å². The van der Waals surface area contributed by atoms with Gasteiger partial charge in [-0.1, -0.05) is 0 Å². The summed E-state index contributed by atoms with van der Waals surface area (Å²) in [5.74, 6) is -1.27. The van der Waals surface area contributed by atoms with Crippen LogP contribution in [0.2, 0.25) is 0 Å². The van der Waals surface area contributed by atoms with Crippen LogP contribution in [0, 0.1) is 0 Å². The van der Waals surface area contributed by atoms with Crippen molar-refractivity contribution in [1.82, 2.24) is 9.88 Å². The van der Waals surface area contributed by atoms with Crippen LogP contribution in [0.15, 0.2) is 23.1 Å². The van der Waals surface area contributed by atoms with Gasteiger partial charge in [-0.05, 0) is 25.0 Å². The third-order valence-electron chi connectivity index (χ3n) is 2.47. The van der Waals surface area contributed by atoms with Crippen molar-refractivity contribution in [2.45, 2.75) is 19.3 Å². The highest BCUT2D eigenvalue weighted by molar-refractivity contribution is 5.93. The van der Waals surface area contributed by atoms with Crippen molar-refractivity contribution in [3.05, 3.63) is 34.2 Å². The average Bonchev–Trinajstić information content (AvgIpc) is 2.31. The number of hydrogen-bond acceptors (Lipinski definition) is 3. The van der Waals surface area contributed by atoms with Gasteiger partial charge in [0.25, 0.3) is 11.5 Å². The molecule has 0 saturated heterocycles. The maximum Gasteiger partial charge on any atom is 0.303 e. The Hall–Kier alpha value is -2.11. The third kappa shape index (κ3) is 4.04. The predicted molar refractivity (Wildman–Crippen MR) is 65.5 cm³/mol. The summed E-state index contributed by atoms with van der Waals surface area (Å²) in [5.41, 5.74) is -0.251. The minimum absolute atomic E-state index is 0.0863. The number of nitrogens with one attached hydrogen (secondary N) is 1. The van der Waals surface area contributed by atoms with Gasteiger partial charge in [0.2, 0.25) is 0 Å². The molecule has 18 heavy (non-hydrogen) atoms. The van der Waals surface area contributed by atoms with Crippen molar-refractivity contribution in [3.8, 4) is 0 Å². The number of aromatic nitrogens is 1. The fraction of sp³-hybridized carbons (Fsp3) is 0.417. The van der Waals surface area contributed by atoms with E-state index in [4.69, 9.17) is 5.11 Å². The van der Waals surface area contributed by atoms with E-state index in [9.17, 15) is 14.4 Å². The molecule has 1 aromatic heterocycles. The minimum Gasteiger partial charge on any atom is -0.481 e. The van der Waals surface area contributed by atoms with Gasteiger partial charge in [0.15, 0.2) is 0 Å². The number of nitrogens with zero attached hydrogens (tertiary/aromatic N) is 1. The molecule has 98 valence electrons. The number of hydrogen-bond donors (Lipinski definition) is 2. The molecule has 0 aromatic carbocycles. The number of rotatable bonds is 6. The fourth-order valence-corrected chi connectivity index (χ4v) is 1.47. The minimum atomic E-state index is -0.849. The van der Waals surface area contributed by atoms with Crippen LogP contribution in [0.25, 0.3) is 0 Å². The first kappa shape index (κ1) is 14.0. The number of carboxylic acid groups (broad SMARTS) is 1. The van der Waals surface area contributed by atoms with E-state index in [1.165, 1.54) is 10.6 Å². The lowest BCUT2D eigenvalue weighted by Gasteiger charge is -2.05. The Balaban J connectivity index is 2.44. The SMILES string of the molecule is Cn1cccc(C(=O)NCCCCC(=O)O)c1=O. The number of aryl methyl sites for hydroxylation is 1. The lowest BCUT2D eigenvalue weighted by Crippen LogP contribution is -2.32. The van der Waals surface area contributed by atoms with Gasteiger partial charge in [0.1, 0.15) is 5.56 Å². The zero-order chi connectivity index (χ0) is 13.5. The molecule has 2 N–H and O–H groups in total. The number of carbonyl (C=O) groups excluding carboxylic acids is 1. The molecule has 0 bridgehead atoms. The molecule has 0 atom stereocenters. The van der Waals surface area contributed by atoms with Crippen LogP contribution in [-0.2, 0) is 11.8 Å². The van der Waals surface area contributed by atoms with E-state index in [0.717, 1.165) is 0 Å². The Morgan fingerprint density at radius 1 is 1.39 bits per heavy atom. The molecule has 1 heterocycles. The maximum absolute atomic E-state index is 11.7. The van der Waals surface area contributed by atoms with Gasteiger partial charge in [0, 0.05) is 26.2 Å². The lowest BCUT2D eigenvalue weighted by atomic mass is 10.2. The number of amides is 1. The second kappa shape index (κ2) is 6.58. The normalized spacial score (nSPS) is 10.1. The third-order valence-corrected chi connectivity index (χ3v) is 2.47. The lowest BCUT2D eigenvalue weighted by molar-refractivity contribution is -0.137. The first-order valence-corrected chi connectivity index (χ1v) is 5.68. The first-order valence-electron chi connectivity index (χ1n) is 5.68. The van der Waals surface area contributed by atoms with Gasteiger partial charge in [0.05, 0.1) is 0 Å². The molecule has 0 spiro atoms. The van der Waals surface area contributed by atoms with Crippen molar-refractivity contribution in [1.29, 1.82) is 0 Å². The Labute approximate surface area is 104 Å². The van der Waals surface area contributed by atoms with E-state index in [0.29, 0.717) is 19.4 Å². The highest BCUT2D eigenvalue weighted by Crippen LogP contribution is 1.95. The topological polar surface area (TPSA) is 88.4 Å². The van der Waals surface area contributed by atoms with Crippen molar-refractivity contribution in [2.75, 3.05) is 6.54 Å². The molecule has 1 rings (SSSR count). The fourth-order valence-electron chi connectivity index (χ4n) is 1.47. The number of carboxylic acids is 1. The number of unbranched alkanes of at least 4 members (excludes halogenated alkanes) is 1. The second-order valence-corrected chi connectivity index (χ2v) is 3.94. The van der Waals surface area contributed by atoms with Gasteiger partial charge in [-0.3, -0.25) is 14.4 Å². The largest absolute Gasteiger partial charge is 0.481 e. The van der Waals surface area contributed by atoms with E-state index in [-0.39, 0.29) is 17.5 Å². The van der Waals surface area contributed by atoms with E-state index >= 15 is 0 Å².